The third kappa shape index (κ3) is 4.10. The molecule has 0 radical (unpaired) electrons. The van der Waals surface area contributed by atoms with E-state index < -0.39 is 23.5 Å². The molecule has 0 aromatic heterocycles. The van der Waals surface area contributed by atoms with Crippen LogP contribution >= 0.6 is 0 Å². The molecule has 0 saturated carbocycles. The van der Waals surface area contributed by atoms with E-state index in [1.165, 1.54) is 60.7 Å². The molecular weight excluding hydrogens is 502 g/mol. The smallest absolute Gasteiger partial charge is 0.192 e. The maximum atomic E-state index is 13.7. The van der Waals surface area contributed by atoms with Gasteiger partial charge in [0.15, 0.2) is 0 Å². The molecule has 0 amide bonds. The Kier molecular flexibility index (Phi) is 5.84. The van der Waals surface area contributed by atoms with Gasteiger partial charge in [-0.1, -0.05) is 60.7 Å². The quantitative estimate of drug-likeness (QED) is 0.174. The van der Waals surface area contributed by atoms with Crippen molar-refractivity contribution < 1.29 is 26.3 Å². The van der Waals surface area contributed by atoms with Gasteiger partial charge in [-0.15, -0.1) is 0 Å². The van der Waals surface area contributed by atoms with Gasteiger partial charge >= 0.3 is 12.4 Å². The molecule has 186 valence electrons. The van der Waals surface area contributed by atoms with E-state index >= 15 is 0 Å². The van der Waals surface area contributed by atoms with Crippen LogP contribution in [0.5, 0.6) is 0 Å². The number of alkyl halides is 6. The molecule has 4 aromatic rings. The van der Waals surface area contributed by atoms with E-state index in [2.05, 4.69) is 0 Å². The van der Waals surface area contributed by atoms with Gasteiger partial charge < -0.3 is 0 Å². The first kappa shape index (κ1) is 24.9. The van der Waals surface area contributed by atoms with Gasteiger partial charge in [-0.25, -0.2) is 0 Å². The van der Waals surface area contributed by atoms with E-state index in [9.17, 15) is 36.9 Å². The summed E-state index contributed by atoms with van der Waals surface area (Å²) >= 11 is 0. The summed E-state index contributed by atoms with van der Waals surface area (Å²) in [5.74, 6) is 0. The summed E-state index contributed by atoms with van der Waals surface area (Å²) < 4.78 is 82.1. The second kappa shape index (κ2) is 8.93. The highest BCUT2D eigenvalue weighted by atomic mass is 19.4. The normalized spacial score (nSPS) is 12.4. The molecule has 0 atom stereocenters. The first-order valence-corrected chi connectivity index (χ1v) is 11.2. The zero-order valence-corrected chi connectivity index (χ0v) is 19.2. The maximum absolute atomic E-state index is 13.7. The van der Waals surface area contributed by atoms with Crippen LogP contribution in [0.1, 0.15) is 22.3 Å². The van der Waals surface area contributed by atoms with E-state index in [0.717, 1.165) is 12.1 Å². The maximum Gasteiger partial charge on any atom is 0.417 e. The summed E-state index contributed by atoms with van der Waals surface area (Å²) in [6.07, 6.45) is -9.22. The molecular formula is C30H14F6N2. The summed E-state index contributed by atoms with van der Waals surface area (Å²) in [5, 5.41) is 19.4. The fourth-order valence-corrected chi connectivity index (χ4v) is 4.82. The third-order valence-electron chi connectivity index (χ3n) is 6.43. The molecule has 4 aromatic carbocycles. The van der Waals surface area contributed by atoms with Gasteiger partial charge in [-0.3, -0.25) is 0 Å². The summed E-state index contributed by atoms with van der Waals surface area (Å²) in [6, 6.07) is 22.9. The fraction of sp³-hybridized carbons (Fsp3) is 0.0667. The van der Waals surface area contributed by atoms with E-state index in [4.69, 9.17) is 0 Å². The van der Waals surface area contributed by atoms with Gasteiger partial charge in [-0.2, -0.15) is 36.9 Å². The molecule has 0 saturated heterocycles. The second-order valence-corrected chi connectivity index (χ2v) is 8.58. The largest absolute Gasteiger partial charge is 0.417 e. The van der Waals surface area contributed by atoms with Crippen molar-refractivity contribution in [2.75, 3.05) is 0 Å². The molecule has 8 heteroatoms. The number of fused-ring (bicyclic) bond motifs is 3. The summed E-state index contributed by atoms with van der Waals surface area (Å²) in [7, 11) is 0. The molecule has 1 aliphatic carbocycles. The average Bonchev–Trinajstić information content (AvgIpc) is 3.21. The Bertz CT molecular complexity index is 1590. The predicted molar refractivity (Wildman–Crippen MR) is 130 cm³/mol. The first-order chi connectivity index (χ1) is 18.0. The van der Waals surface area contributed by atoms with Crippen molar-refractivity contribution in [3.8, 4) is 45.5 Å². The van der Waals surface area contributed by atoms with Gasteiger partial charge in [0.2, 0.25) is 0 Å². The lowest BCUT2D eigenvalue weighted by Gasteiger charge is -2.14. The zero-order chi connectivity index (χ0) is 27.2. The average molecular weight is 516 g/mol. The van der Waals surface area contributed by atoms with E-state index in [0.29, 0.717) is 22.3 Å². The van der Waals surface area contributed by atoms with E-state index in [1.54, 1.807) is 12.1 Å². The zero-order valence-electron chi connectivity index (χ0n) is 19.2. The number of hydrogen-bond donors (Lipinski definition) is 0. The van der Waals surface area contributed by atoms with Crippen molar-refractivity contribution >= 4 is 5.57 Å². The minimum Gasteiger partial charge on any atom is -0.192 e. The van der Waals surface area contributed by atoms with Crippen molar-refractivity contribution in [1.29, 1.82) is 10.5 Å². The topological polar surface area (TPSA) is 47.6 Å². The molecule has 5 rings (SSSR count). The van der Waals surface area contributed by atoms with Crippen molar-refractivity contribution in [1.82, 2.24) is 0 Å². The lowest BCUT2D eigenvalue weighted by Crippen LogP contribution is -2.06. The number of nitrogens with zero attached hydrogens (tertiary/aromatic N) is 2. The van der Waals surface area contributed by atoms with Gasteiger partial charge in [0.1, 0.15) is 17.7 Å². The Morgan fingerprint density at radius 3 is 1.26 bits per heavy atom. The van der Waals surface area contributed by atoms with Gasteiger partial charge in [0.25, 0.3) is 0 Å². The molecule has 0 unspecified atom stereocenters. The van der Waals surface area contributed by atoms with E-state index in [1.807, 2.05) is 12.1 Å². The second-order valence-electron chi connectivity index (χ2n) is 8.58. The van der Waals surface area contributed by atoms with Crippen LogP contribution in [0, 0.1) is 22.7 Å². The Labute approximate surface area is 213 Å². The highest BCUT2D eigenvalue weighted by molar-refractivity contribution is 6.06. The van der Waals surface area contributed by atoms with Crippen molar-refractivity contribution in [3.05, 3.63) is 113 Å². The molecule has 0 fully saturated rings. The van der Waals surface area contributed by atoms with Crippen LogP contribution in [0.2, 0.25) is 0 Å². The molecule has 0 aliphatic heterocycles. The number of nitriles is 2. The Morgan fingerprint density at radius 1 is 0.500 bits per heavy atom. The Balaban J connectivity index is 1.74. The van der Waals surface area contributed by atoms with Crippen LogP contribution in [0.4, 0.5) is 26.3 Å². The number of halogens is 6. The highest BCUT2D eigenvalue weighted by Crippen LogP contribution is 2.49. The predicted octanol–water partition coefficient (Wildman–Crippen LogP) is 8.89. The summed E-state index contributed by atoms with van der Waals surface area (Å²) in [4.78, 5) is 0. The van der Waals surface area contributed by atoms with Crippen LogP contribution in [-0.2, 0) is 12.4 Å². The van der Waals surface area contributed by atoms with Crippen LogP contribution in [0.15, 0.2) is 90.5 Å². The summed E-state index contributed by atoms with van der Waals surface area (Å²) in [5.41, 5.74) is 0.304. The molecule has 0 spiro atoms. The van der Waals surface area contributed by atoms with Crippen molar-refractivity contribution in [3.63, 3.8) is 0 Å². The Hall–Kier alpha value is -4.82. The van der Waals surface area contributed by atoms with Crippen molar-refractivity contribution in [2.24, 2.45) is 0 Å². The number of benzene rings is 4. The standard InChI is InChI=1S/C30H14F6N2/c31-29(32,33)26-7-3-1-5-20(26)17-9-11-22-23-12-10-18(21-6-2-4-8-27(21)30(34,35)36)14-25(23)28(24(22)13-17)19(15-37)16-38/h1-14H. The highest BCUT2D eigenvalue weighted by Gasteiger charge is 2.35. The molecule has 0 N–H and O–H groups in total. The minimum absolute atomic E-state index is 0.0756. The third-order valence-corrected chi connectivity index (χ3v) is 6.43. The fourth-order valence-electron chi connectivity index (χ4n) is 4.82. The lowest BCUT2D eigenvalue weighted by atomic mass is 9.92. The number of allylic oxidation sites excluding steroid dienone is 1. The molecule has 1 aliphatic rings. The Morgan fingerprint density at radius 2 is 0.895 bits per heavy atom. The molecule has 0 heterocycles. The summed E-state index contributed by atoms with van der Waals surface area (Å²) in [6.45, 7) is 0. The van der Waals surface area contributed by atoms with Crippen LogP contribution in [-0.4, -0.2) is 0 Å². The number of hydrogen-bond acceptors (Lipinski definition) is 2. The van der Waals surface area contributed by atoms with Crippen molar-refractivity contribution in [2.45, 2.75) is 12.4 Å². The monoisotopic (exact) mass is 516 g/mol. The minimum atomic E-state index is -4.61. The van der Waals surface area contributed by atoms with E-state index in [-0.39, 0.29) is 33.4 Å². The van der Waals surface area contributed by atoms with Gasteiger partial charge in [0, 0.05) is 5.57 Å². The number of rotatable bonds is 2. The van der Waals surface area contributed by atoms with Crippen LogP contribution in [0.3, 0.4) is 0 Å². The SMILES string of the molecule is N#CC(C#N)=C1c2cc(-c3ccccc3C(F)(F)F)ccc2-c2ccc(-c3ccccc3C(F)(F)F)cc21. The van der Waals surface area contributed by atoms with Gasteiger partial charge in [-0.05, 0) is 68.8 Å². The molecule has 2 nitrogen and oxygen atoms in total. The first-order valence-electron chi connectivity index (χ1n) is 11.2. The molecule has 38 heavy (non-hydrogen) atoms. The molecule has 0 bridgehead atoms. The van der Waals surface area contributed by atoms with Crippen LogP contribution in [0.25, 0.3) is 39.0 Å². The van der Waals surface area contributed by atoms with Crippen LogP contribution < -0.4 is 0 Å². The van der Waals surface area contributed by atoms with Gasteiger partial charge in [0.05, 0.1) is 11.1 Å². The lowest BCUT2D eigenvalue weighted by molar-refractivity contribution is -0.137.